The van der Waals surface area contributed by atoms with Gasteiger partial charge in [0.05, 0.1) is 12.9 Å². The predicted octanol–water partition coefficient (Wildman–Crippen LogP) is 0.607. The summed E-state index contributed by atoms with van der Waals surface area (Å²) in [6.07, 6.45) is 5.41. The lowest BCUT2D eigenvalue weighted by atomic mass is 10.5. The van der Waals surface area contributed by atoms with E-state index in [1.807, 2.05) is 0 Å². The van der Waals surface area contributed by atoms with Gasteiger partial charge in [-0.25, -0.2) is 0 Å². The first-order valence-electron chi connectivity index (χ1n) is 1.98. The van der Waals surface area contributed by atoms with E-state index < -0.39 is 0 Å². The van der Waals surface area contributed by atoms with Crippen LogP contribution >= 0.6 is 0 Å². The molecule has 0 spiro atoms. The Labute approximate surface area is 42.4 Å². The molecular weight excluding hydrogens is 92.1 g/mol. The third kappa shape index (κ3) is 5.24. The van der Waals surface area contributed by atoms with E-state index in [-0.39, 0.29) is 6.61 Å². The summed E-state index contributed by atoms with van der Waals surface area (Å²) in [5, 5.41) is 16.1. The van der Waals surface area contributed by atoms with Crippen LogP contribution < -0.4 is 0 Å². The SMILES string of the molecule is OC=CC=CCO. The second-order valence-electron chi connectivity index (χ2n) is 0.952. The molecule has 0 rings (SSSR count). The van der Waals surface area contributed by atoms with Crippen molar-refractivity contribution < 1.29 is 10.2 Å². The molecule has 40 valence electrons. The first-order chi connectivity index (χ1) is 3.41. The average Bonchev–Trinajstić information content (AvgIpc) is 1.69. The Hall–Kier alpha value is -0.760. The van der Waals surface area contributed by atoms with Gasteiger partial charge in [-0.05, 0) is 6.08 Å². The Kier molecular flexibility index (Phi) is 4.67. The van der Waals surface area contributed by atoms with Crippen molar-refractivity contribution in [2.24, 2.45) is 0 Å². The predicted molar refractivity (Wildman–Crippen MR) is 28.0 cm³/mol. The minimum Gasteiger partial charge on any atom is -0.516 e. The first kappa shape index (κ1) is 6.24. The maximum Gasteiger partial charge on any atom is 0.0791 e. The summed E-state index contributed by atoms with van der Waals surface area (Å²) < 4.78 is 0. The van der Waals surface area contributed by atoms with Crippen molar-refractivity contribution in [1.29, 1.82) is 0 Å². The lowest BCUT2D eigenvalue weighted by molar-refractivity contribution is 0.342. The summed E-state index contributed by atoms with van der Waals surface area (Å²) in [4.78, 5) is 0. The number of aliphatic hydroxyl groups is 2. The third-order valence-electron chi connectivity index (χ3n) is 0.439. The van der Waals surface area contributed by atoms with Gasteiger partial charge in [-0.15, -0.1) is 0 Å². The van der Waals surface area contributed by atoms with Gasteiger partial charge in [0.1, 0.15) is 0 Å². The van der Waals surface area contributed by atoms with Crippen LogP contribution in [0.5, 0.6) is 0 Å². The number of allylic oxidation sites excluding steroid dienone is 2. The number of hydrogen-bond acceptors (Lipinski definition) is 2. The molecule has 0 aromatic rings. The molecule has 0 aromatic heterocycles. The molecule has 0 amide bonds. The summed E-state index contributed by atoms with van der Waals surface area (Å²) in [7, 11) is 0. The van der Waals surface area contributed by atoms with Crippen molar-refractivity contribution in [1.82, 2.24) is 0 Å². The van der Waals surface area contributed by atoms with E-state index in [1.165, 1.54) is 12.2 Å². The lowest BCUT2D eigenvalue weighted by Crippen LogP contribution is -1.66. The molecule has 0 aromatic carbocycles. The van der Waals surface area contributed by atoms with Crippen molar-refractivity contribution in [3.05, 3.63) is 24.5 Å². The molecule has 0 aliphatic heterocycles. The van der Waals surface area contributed by atoms with E-state index in [4.69, 9.17) is 10.2 Å². The van der Waals surface area contributed by atoms with Crippen LogP contribution in [0, 0.1) is 0 Å². The van der Waals surface area contributed by atoms with E-state index >= 15 is 0 Å². The highest BCUT2D eigenvalue weighted by Crippen LogP contribution is 1.70. The Morgan fingerprint density at radius 3 is 2.43 bits per heavy atom. The van der Waals surface area contributed by atoms with Crippen LogP contribution in [0.1, 0.15) is 0 Å². The standard InChI is InChI=1S/C5H8O2/c6-4-2-1-3-5-7/h1-4,6-7H,5H2. The fraction of sp³-hybridized carbons (Fsp3) is 0.200. The minimum absolute atomic E-state index is 0.0182. The molecule has 2 N–H and O–H groups in total. The zero-order chi connectivity index (χ0) is 5.54. The van der Waals surface area contributed by atoms with Crippen LogP contribution in [-0.2, 0) is 0 Å². The molecule has 0 aliphatic rings. The molecule has 0 bridgehead atoms. The summed E-state index contributed by atoms with van der Waals surface area (Å²) >= 11 is 0. The maximum absolute atomic E-state index is 8.09. The molecule has 0 saturated carbocycles. The Morgan fingerprint density at radius 1 is 1.29 bits per heavy atom. The van der Waals surface area contributed by atoms with Crippen molar-refractivity contribution in [2.45, 2.75) is 0 Å². The zero-order valence-corrected chi connectivity index (χ0v) is 3.91. The lowest BCUT2D eigenvalue weighted by Gasteiger charge is -1.70. The van der Waals surface area contributed by atoms with Gasteiger partial charge in [0.25, 0.3) is 0 Å². The highest BCUT2D eigenvalue weighted by atomic mass is 16.3. The fourth-order valence-electron chi connectivity index (χ4n) is 0.189. The Balaban J connectivity index is 3.09. The zero-order valence-electron chi connectivity index (χ0n) is 3.91. The molecule has 0 aliphatic carbocycles. The second kappa shape index (κ2) is 5.24. The normalized spacial score (nSPS) is 11.6. The van der Waals surface area contributed by atoms with Gasteiger partial charge in [0.15, 0.2) is 0 Å². The van der Waals surface area contributed by atoms with E-state index in [2.05, 4.69) is 0 Å². The highest BCUT2D eigenvalue weighted by molar-refractivity contribution is 4.98. The van der Waals surface area contributed by atoms with Crippen LogP contribution in [0.2, 0.25) is 0 Å². The maximum atomic E-state index is 8.09. The molecular formula is C5H8O2. The third-order valence-corrected chi connectivity index (χ3v) is 0.439. The van der Waals surface area contributed by atoms with E-state index in [1.54, 1.807) is 6.08 Å². The Morgan fingerprint density at radius 2 is 2.00 bits per heavy atom. The van der Waals surface area contributed by atoms with Gasteiger partial charge in [0, 0.05) is 0 Å². The molecule has 0 radical (unpaired) electrons. The van der Waals surface area contributed by atoms with Crippen LogP contribution in [0.25, 0.3) is 0 Å². The average molecular weight is 100 g/mol. The summed E-state index contributed by atoms with van der Waals surface area (Å²) in [6, 6.07) is 0. The quantitative estimate of drug-likeness (QED) is 0.394. The molecule has 0 fully saturated rings. The van der Waals surface area contributed by atoms with E-state index in [0.717, 1.165) is 6.26 Å². The molecule has 0 atom stereocenters. The van der Waals surface area contributed by atoms with E-state index in [0.29, 0.717) is 0 Å². The Bertz CT molecular complexity index is 74.1. The van der Waals surface area contributed by atoms with Crippen LogP contribution in [0.4, 0.5) is 0 Å². The van der Waals surface area contributed by atoms with Gasteiger partial charge in [0.2, 0.25) is 0 Å². The summed E-state index contributed by atoms with van der Waals surface area (Å²) in [5.41, 5.74) is 0. The van der Waals surface area contributed by atoms with Gasteiger partial charge in [-0.3, -0.25) is 0 Å². The molecule has 0 heterocycles. The van der Waals surface area contributed by atoms with Crippen LogP contribution in [0.3, 0.4) is 0 Å². The number of rotatable bonds is 2. The molecule has 2 nitrogen and oxygen atoms in total. The second-order valence-corrected chi connectivity index (χ2v) is 0.952. The van der Waals surface area contributed by atoms with Gasteiger partial charge >= 0.3 is 0 Å². The fourth-order valence-corrected chi connectivity index (χ4v) is 0.189. The molecule has 0 saturated heterocycles. The number of hydrogen-bond donors (Lipinski definition) is 2. The monoisotopic (exact) mass is 100 g/mol. The van der Waals surface area contributed by atoms with Crippen molar-refractivity contribution >= 4 is 0 Å². The summed E-state index contributed by atoms with van der Waals surface area (Å²) in [5.74, 6) is 0. The first-order valence-corrected chi connectivity index (χ1v) is 1.98. The molecule has 0 unspecified atom stereocenters. The molecule has 2 heteroatoms. The summed E-state index contributed by atoms with van der Waals surface area (Å²) in [6.45, 7) is 0.0182. The minimum atomic E-state index is 0.0182. The van der Waals surface area contributed by atoms with Gasteiger partial charge in [-0.1, -0.05) is 12.2 Å². The number of aliphatic hydroxyl groups excluding tert-OH is 2. The van der Waals surface area contributed by atoms with Crippen LogP contribution in [0.15, 0.2) is 24.5 Å². The van der Waals surface area contributed by atoms with Crippen LogP contribution in [-0.4, -0.2) is 16.8 Å². The highest BCUT2D eigenvalue weighted by Gasteiger charge is 1.59. The van der Waals surface area contributed by atoms with Crippen molar-refractivity contribution in [2.75, 3.05) is 6.61 Å². The van der Waals surface area contributed by atoms with Crippen molar-refractivity contribution in [3.63, 3.8) is 0 Å². The van der Waals surface area contributed by atoms with Crippen molar-refractivity contribution in [3.8, 4) is 0 Å². The largest absolute Gasteiger partial charge is 0.516 e. The van der Waals surface area contributed by atoms with E-state index in [9.17, 15) is 0 Å². The van der Waals surface area contributed by atoms with Gasteiger partial charge < -0.3 is 10.2 Å². The topological polar surface area (TPSA) is 40.5 Å². The van der Waals surface area contributed by atoms with Gasteiger partial charge in [-0.2, -0.15) is 0 Å². The smallest absolute Gasteiger partial charge is 0.0791 e. The molecule has 7 heavy (non-hydrogen) atoms.